The van der Waals surface area contributed by atoms with Crippen molar-refractivity contribution in [1.82, 2.24) is 4.98 Å². The van der Waals surface area contributed by atoms with Gasteiger partial charge in [-0.25, -0.2) is 22.2 Å². The Labute approximate surface area is 144 Å². The SMILES string of the molecule is Cc1ccc(F)cc1S(=O)(=O)Nc1ccc(-c2ccc(F)cc2)cn1. The lowest BCUT2D eigenvalue weighted by Gasteiger charge is -2.10. The van der Waals surface area contributed by atoms with Crippen molar-refractivity contribution in [3.8, 4) is 11.1 Å². The van der Waals surface area contributed by atoms with Crippen LogP contribution in [0.2, 0.25) is 0 Å². The number of anilines is 1. The van der Waals surface area contributed by atoms with Gasteiger partial charge >= 0.3 is 0 Å². The molecule has 0 amide bonds. The summed E-state index contributed by atoms with van der Waals surface area (Å²) in [6.45, 7) is 1.58. The zero-order valence-corrected chi connectivity index (χ0v) is 14.0. The summed E-state index contributed by atoms with van der Waals surface area (Å²) in [4.78, 5) is 3.92. The third-order valence-electron chi connectivity index (χ3n) is 3.62. The lowest BCUT2D eigenvalue weighted by Crippen LogP contribution is -2.15. The Balaban J connectivity index is 1.85. The van der Waals surface area contributed by atoms with Crippen LogP contribution in [0.5, 0.6) is 0 Å². The van der Waals surface area contributed by atoms with Crippen LogP contribution in [-0.2, 0) is 10.0 Å². The summed E-state index contributed by atoms with van der Waals surface area (Å²) < 4.78 is 53.4. The summed E-state index contributed by atoms with van der Waals surface area (Å²) in [5.74, 6) is -0.869. The molecule has 3 rings (SSSR count). The second kappa shape index (κ2) is 6.60. The molecular weight excluding hydrogens is 346 g/mol. The van der Waals surface area contributed by atoms with Gasteiger partial charge in [-0.3, -0.25) is 4.72 Å². The molecule has 0 bridgehead atoms. The highest BCUT2D eigenvalue weighted by molar-refractivity contribution is 7.92. The third-order valence-corrected chi connectivity index (χ3v) is 5.12. The van der Waals surface area contributed by atoms with Crippen molar-refractivity contribution in [2.24, 2.45) is 0 Å². The standard InChI is InChI=1S/C18H14F2N2O2S/c1-12-2-6-16(20)10-17(12)25(23,24)22-18-9-5-14(11-21-18)13-3-7-15(19)8-4-13/h2-11H,1H3,(H,21,22). The van der Waals surface area contributed by atoms with Crippen molar-refractivity contribution in [2.45, 2.75) is 11.8 Å². The van der Waals surface area contributed by atoms with E-state index >= 15 is 0 Å². The Morgan fingerprint density at radius 1 is 0.880 bits per heavy atom. The normalized spacial score (nSPS) is 11.3. The van der Waals surface area contributed by atoms with E-state index in [0.717, 1.165) is 11.6 Å². The first-order valence-electron chi connectivity index (χ1n) is 7.36. The molecule has 0 aliphatic rings. The molecule has 0 fully saturated rings. The first kappa shape index (κ1) is 17.0. The van der Waals surface area contributed by atoms with Crippen molar-refractivity contribution in [2.75, 3.05) is 4.72 Å². The molecule has 0 aliphatic heterocycles. The lowest BCUT2D eigenvalue weighted by atomic mass is 10.1. The topological polar surface area (TPSA) is 59.1 Å². The van der Waals surface area contributed by atoms with E-state index in [9.17, 15) is 17.2 Å². The van der Waals surface area contributed by atoms with E-state index in [2.05, 4.69) is 9.71 Å². The average Bonchev–Trinajstić information content (AvgIpc) is 2.58. The van der Waals surface area contributed by atoms with Crippen LogP contribution in [0.15, 0.2) is 65.7 Å². The Morgan fingerprint density at radius 3 is 2.16 bits per heavy atom. The van der Waals surface area contributed by atoms with E-state index in [1.807, 2.05) is 0 Å². The molecule has 1 N–H and O–H groups in total. The summed E-state index contributed by atoms with van der Waals surface area (Å²) >= 11 is 0. The van der Waals surface area contributed by atoms with Gasteiger partial charge in [0.05, 0.1) is 4.90 Å². The van der Waals surface area contributed by atoms with Crippen LogP contribution in [0.1, 0.15) is 5.56 Å². The Hall–Kier alpha value is -2.80. The van der Waals surface area contributed by atoms with Crippen LogP contribution in [0, 0.1) is 18.6 Å². The zero-order valence-electron chi connectivity index (χ0n) is 13.2. The van der Waals surface area contributed by atoms with E-state index in [1.54, 1.807) is 25.1 Å². The van der Waals surface area contributed by atoms with Crippen LogP contribution in [0.4, 0.5) is 14.6 Å². The maximum absolute atomic E-state index is 13.4. The molecule has 7 heteroatoms. The first-order chi connectivity index (χ1) is 11.8. The summed E-state index contributed by atoms with van der Waals surface area (Å²) in [5, 5.41) is 0. The quantitative estimate of drug-likeness (QED) is 0.761. The highest BCUT2D eigenvalue weighted by atomic mass is 32.2. The molecule has 0 saturated carbocycles. The van der Waals surface area contributed by atoms with Gasteiger partial charge < -0.3 is 0 Å². The largest absolute Gasteiger partial charge is 0.263 e. The maximum Gasteiger partial charge on any atom is 0.263 e. The fraction of sp³-hybridized carbons (Fsp3) is 0.0556. The molecule has 128 valence electrons. The molecule has 0 spiro atoms. The van der Waals surface area contributed by atoms with Gasteiger partial charge in [0.1, 0.15) is 17.5 Å². The number of pyridine rings is 1. The zero-order chi connectivity index (χ0) is 18.0. The van der Waals surface area contributed by atoms with Crippen molar-refractivity contribution in [3.05, 3.63) is 78.0 Å². The number of aromatic nitrogens is 1. The minimum Gasteiger partial charge on any atom is -0.263 e. The lowest BCUT2D eigenvalue weighted by molar-refractivity contribution is 0.594. The minimum atomic E-state index is -3.95. The highest BCUT2D eigenvalue weighted by Gasteiger charge is 2.18. The van der Waals surface area contributed by atoms with Crippen LogP contribution in [0.25, 0.3) is 11.1 Å². The highest BCUT2D eigenvalue weighted by Crippen LogP contribution is 2.22. The monoisotopic (exact) mass is 360 g/mol. The van der Waals surface area contributed by atoms with Crippen molar-refractivity contribution in [3.63, 3.8) is 0 Å². The Kier molecular flexibility index (Phi) is 4.50. The van der Waals surface area contributed by atoms with Gasteiger partial charge in [0.25, 0.3) is 10.0 Å². The maximum atomic E-state index is 13.4. The van der Waals surface area contributed by atoms with Gasteiger partial charge in [-0.05, 0) is 54.4 Å². The number of rotatable bonds is 4. The molecule has 0 atom stereocenters. The summed E-state index contributed by atoms with van der Waals surface area (Å²) in [7, 11) is -3.95. The van der Waals surface area contributed by atoms with E-state index in [-0.39, 0.29) is 16.5 Å². The van der Waals surface area contributed by atoms with Gasteiger partial charge in [0, 0.05) is 11.8 Å². The fourth-order valence-corrected chi connectivity index (χ4v) is 3.59. The van der Waals surface area contributed by atoms with Crippen LogP contribution in [-0.4, -0.2) is 13.4 Å². The first-order valence-corrected chi connectivity index (χ1v) is 8.84. The van der Waals surface area contributed by atoms with Crippen LogP contribution >= 0.6 is 0 Å². The molecule has 1 aromatic heterocycles. The molecule has 0 unspecified atom stereocenters. The Bertz CT molecular complexity index is 1000. The summed E-state index contributed by atoms with van der Waals surface area (Å²) in [6, 6.07) is 12.6. The predicted octanol–water partition coefficient (Wildman–Crippen LogP) is 4.14. The molecule has 1 heterocycles. The average molecular weight is 360 g/mol. The minimum absolute atomic E-state index is 0.106. The second-order valence-electron chi connectivity index (χ2n) is 5.45. The van der Waals surface area contributed by atoms with E-state index < -0.39 is 15.8 Å². The van der Waals surface area contributed by atoms with E-state index in [1.165, 1.54) is 36.5 Å². The van der Waals surface area contributed by atoms with Gasteiger partial charge in [-0.2, -0.15) is 0 Å². The number of hydrogen-bond acceptors (Lipinski definition) is 3. The number of nitrogens with one attached hydrogen (secondary N) is 1. The smallest absolute Gasteiger partial charge is 0.263 e. The van der Waals surface area contributed by atoms with Crippen molar-refractivity contribution in [1.29, 1.82) is 0 Å². The molecule has 2 aromatic carbocycles. The summed E-state index contributed by atoms with van der Waals surface area (Å²) in [6.07, 6.45) is 1.48. The predicted molar refractivity (Wildman–Crippen MR) is 91.6 cm³/mol. The third kappa shape index (κ3) is 3.83. The van der Waals surface area contributed by atoms with Gasteiger partial charge in [0.2, 0.25) is 0 Å². The molecule has 3 aromatic rings. The number of nitrogens with zero attached hydrogens (tertiary/aromatic N) is 1. The number of sulfonamides is 1. The number of aryl methyl sites for hydroxylation is 1. The molecular formula is C18H14F2N2O2S. The number of benzene rings is 2. The Morgan fingerprint density at radius 2 is 1.52 bits per heavy atom. The van der Waals surface area contributed by atoms with Gasteiger partial charge in [-0.15, -0.1) is 0 Å². The molecule has 4 nitrogen and oxygen atoms in total. The molecule has 0 radical (unpaired) electrons. The van der Waals surface area contributed by atoms with Gasteiger partial charge in [0.15, 0.2) is 0 Å². The number of halogens is 2. The van der Waals surface area contributed by atoms with Crippen molar-refractivity contribution < 1.29 is 17.2 Å². The van der Waals surface area contributed by atoms with E-state index in [0.29, 0.717) is 11.1 Å². The molecule has 25 heavy (non-hydrogen) atoms. The van der Waals surface area contributed by atoms with Crippen LogP contribution < -0.4 is 4.72 Å². The van der Waals surface area contributed by atoms with Crippen LogP contribution in [0.3, 0.4) is 0 Å². The second-order valence-corrected chi connectivity index (χ2v) is 7.11. The van der Waals surface area contributed by atoms with E-state index in [4.69, 9.17) is 0 Å². The molecule has 0 aliphatic carbocycles. The van der Waals surface area contributed by atoms with Gasteiger partial charge in [-0.1, -0.05) is 18.2 Å². The molecule has 0 saturated heterocycles. The number of hydrogen-bond donors (Lipinski definition) is 1. The van der Waals surface area contributed by atoms with Crippen molar-refractivity contribution >= 4 is 15.8 Å². The summed E-state index contributed by atoms with van der Waals surface area (Å²) in [5.41, 5.74) is 1.89. The fourth-order valence-electron chi connectivity index (χ4n) is 2.32.